The Bertz CT molecular complexity index is 290. The summed E-state index contributed by atoms with van der Waals surface area (Å²) in [6.45, 7) is 8.17. The second-order valence-corrected chi connectivity index (χ2v) is 7.54. The summed E-state index contributed by atoms with van der Waals surface area (Å²) in [5.41, 5.74) is -0.838. The molecule has 0 spiro atoms. The van der Waals surface area contributed by atoms with Crippen LogP contribution in [0.25, 0.3) is 0 Å². The summed E-state index contributed by atoms with van der Waals surface area (Å²) in [5, 5.41) is 20.8. The minimum atomic E-state index is -0.602. The highest BCUT2D eigenvalue weighted by atomic mass is 16.3. The standard InChI is InChI=1S/C15H28O2/c1-13(2,16)11-6-9-14(3)7-5-8-15(4,17)12(14)10-11/h11-12,16-17H,5-10H2,1-4H3/t11-,12+,14-,15+/m1/s1. The molecule has 0 aromatic heterocycles. The predicted octanol–water partition coefficient (Wildman–Crippen LogP) is 3.11. The largest absolute Gasteiger partial charge is 0.390 e. The molecule has 2 saturated carbocycles. The van der Waals surface area contributed by atoms with Gasteiger partial charge in [-0.25, -0.2) is 0 Å². The third-order valence-corrected chi connectivity index (χ3v) is 5.61. The first-order chi connectivity index (χ1) is 7.65. The average Bonchev–Trinajstić information content (AvgIpc) is 2.14. The van der Waals surface area contributed by atoms with Gasteiger partial charge in [-0.3, -0.25) is 0 Å². The Hall–Kier alpha value is -0.0800. The highest BCUT2D eigenvalue weighted by molar-refractivity contribution is 5.03. The number of rotatable bonds is 1. The van der Waals surface area contributed by atoms with E-state index >= 15 is 0 Å². The molecule has 0 amide bonds. The van der Waals surface area contributed by atoms with Crippen LogP contribution in [0, 0.1) is 17.3 Å². The first-order valence-corrected chi connectivity index (χ1v) is 7.10. The van der Waals surface area contributed by atoms with Crippen LogP contribution in [0.15, 0.2) is 0 Å². The maximum Gasteiger partial charge on any atom is 0.0653 e. The maximum atomic E-state index is 10.6. The molecule has 0 heterocycles. The van der Waals surface area contributed by atoms with Crippen LogP contribution in [0.1, 0.15) is 66.2 Å². The minimum Gasteiger partial charge on any atom is -0.390 e. The van der Waals surface area contributed by atoms with Crippen LogP contribution in [-0.2, 0) is 0 Å². The van der Waals surface area contributed by atoms with E-state index in [4.69, 9.17) is 0 Å². The van der Waals surface area contributed by atoms with Gasteiger partial charge >= 0.3 is 0 Å². The van der Waals surface area contributed by atoms with Gasteiger partial charge in [0.2, 0.25) is 0 Å². The van der Waals surface area contributed by atoms with Gasteiger partial charge in [0.25, 0.3) is 0 Å². The number of aliphatic hydroxyl groups is 2. The van der Waals surface area contributed by atoms with Crippen LogP contribution in [0.3, 0.4) is 0 Å². The first-order valence-electron chi connectivity index (χ1n) is 7.10. The van der Waals surface area contributed by atoms with Gasteiger partial charge in [0, 0.05) is 0 Å². The summed E-state index contributed by atoms with van der Waals surface area (Å²) in [7, 11) is 0. The van der Waals surface area contributed by atoms with Gasteiger partial charge in [-0.05, 0) is 70.1 Å². The molecule has 2 heteroatoms. The SMILES string of the molecule is CC(C)(O)[C@@H]1CC[C@@]2(C)CCC[C@](C)(O)[C@H]2C1. The Morgan fingerprint density at radius 2 is 1.76 bits per heavy atom. The summed E-state index contributed by atoms with van der Waals surface area (Å²) in [4.78, 5) is 0. The van der Waals surface area contributed by atoms with E-state index < -0.39 is 11.2 Å². The van der Waals surface area contributed by atoms with Crippen LogP contribution in [0.2, 0.25) is 0 Å². The number of fused-ring (bicyclic) bond motifs is 1. The molecule has 2 aliphatic rings. The van der Waals surface area contributed by atoms with Gasteiger partial charge < -0.3 is 10.2 Å². The molecule has 0 saturated heterocycles. The van der Waals surface area contributed by atoms with Crippen molar-refractivity contribution in [3.8, 4) is 0 Å². The van der Waals surface area contributed by atoms with E-state index in [0.29, 0.717) is 17.3 Å². The fourth-order valence-corrected chi connectivity index (χ4v) is 4.33. The van der Waals surface area contributed by atoms with E-state index in [9.17, 15) is 10.2 Å². The van der Waals surface area contributed by atoms with Crippen LogP contribution in [0.4, 0.5) is 0 Å². The minimum absolute atomic E-state index is 0.295. The Kier molecular flexibility index (Phi) is 3.11. The molecule has 2 fully saturated rings. The molecule has 2 N–H and O–H groups in total. The van der Waals surface area contributed by atoms with Crippen molar-refractivity contribution in [1.29, 1.82) is 0 Å². The van der Waals surface area contributed by atoms with Gasteiger partial charge in [-0.2, -0.15) is 0 Å². The van der Waals surface area contributed by atoms with Crippen LogP contribution in [-0.4, -0.2) is 21.4 Å². The van der Waals surface area contributed by atoms with Gasteiger partial charge in [-0.1, -0.05) is 13.3 Å². The van der Waals surface area contributed by atoms with Crippen molar-refractivity contribution in [3.05, 3.63) is 0 Å². The molecule has 0 aliphatic heterocycles. The Balaban J connectivity index is 2.20. The van der Waals surface area contributed by atoms with Crippen molar-refractivity contribution in [2.75, 3.05) is 0 Å². The number of hydrogen-bond donors (Lipinski definition) is 2. The molecule has 0 radical (unpaired) electrons. The van der Waals surface area contributed by atoms with Crippen molar-refractivity contribution < 1.29 is 10.2 Å². The smallest absolute Gasteiger partial charge is 0.0653 e. The fraction of sp³-hybridized carbons (Fsp3) is 1.00. The number of hydrogen-bond acceptors (Lipinski definition) is 2. The molecule has 17 heavy (non-hydrogen) atoms. The summed E-state index contributed by atoms with van der Waals surface area (Å²) in [6.07, 6.45) is 6.55. The van der Waals surface area contributed by atoms with E-state index in [0.717, 1.165) is 32.1 Å². The lowest BCUT2D eigenvalue weighted by atomic mass is 9.52. The second kappa shape index (κ2) is 3.96. The zero-order valence-corrected chi connectivity index (χ0v) is 11.8. The summed E-state index contributed by atoms with van der Waals surface area (Å²) >= 11 is 0. The normalized spacial score (nSPS) is 47.6. The second-order valence-electron chi connectivity index (χ2n) is 7.54. The highest BCUT2D eigenvalue weighted by Crippen LogP contribution is 2.56. The molecule has 100 valence electrons. The highest BCUT2D eigenvalue weighted by Gasteiger charge is 2.52. The Morgan fingerprint density at radius 3 is 2.35 bits per heavy atom. The quantitative estimate of drug-likeness (QED) is 0.739. The maximum absolute atomic E-state index is 10.6. The lowest BCUT2D eigenvalue weighted by molar-refractivity contribution is -0.143. The molecule has 2 aliphatic carbocycles. The molecule has 0 unspecified atom stereocenters. The van der Waals surface area contributed by atoms with E-state index in [1.807, 2.05) is 20.8 Å². The van der Waals surface area contributed by atoms with E-state index in [1.165, 1.54) is 6.42 Å². The Labute approximate surface area is 105 Å². The zero-order chi connectivity index (χ0) is 12.9. The zero-order valence-electron chi connectivity index (χ0n) is 11.8. The van der Waals surface area contributed by atoms with Crippen LogP contribution >= 0.6 is 0 Å². The van der Waals surface area contributed by atoms with Crippen molar-refractivity contribution in [2.45, 2.75) is 77.4 Å². The van der Waals surface area contributed by atoms with Gasteiger partial charge in [-0.15, -0.1) is 0 Å². The fourth-order valence-electron chi connectivity index (χ4n) is 4.33. The Morgan fingerprint density at radius 1 is 1.12 bits per heavy atom. The molecule has 2 rings (SSSR count). The van der Waals surface area contributed by atoms with Crippen molar-refractivity contribution in [1.82, 2.24) is 0 Å². The monoisotopic (exact) mass is 240 g/mol. The predicted molar refractivity (Wildman–Crippen MR) is 69.7 cm³/mol. The third-order valence-electron chi connectivity index (χ3n) is 5.61. The van der Waals surface area contributed by atoms with Crippen molar-refractivity contribution in [3.63, 3.8) is 0 Å². The molecule has 0 aromatic rings. The first kappa shape index (κ1) is 13.4. The molecular formula is C15H28O2. The van der Waals surface area contributed by atoms with Crippen molar-refractivity contribution in [2.24, 2.45) is 17.3 Å². The van der Waals surface area contributed by atoms with Gasteiger partial charge in [0.1, 0.15) is 0 Å². The molecule has 4 atom stereocenters. The van der Waals surface area contributed by atoms with Gasteiger partial charge in [0.15, 0.2) is 0 Å². The van der Waals surface area contributed by atoms with E-state index in [-0.39, 0.29) is 0 Å². The van der Waals surface area contributed by atoms with E-state index in [1.54, 1.807) is 0 Å². The third kappa shape index (κ3) is 2.39. The average molecular weight is 240 g/mol. The van der Waals surface area contributed by atoms with Gasteiger partial charge in [0.05, 0.1) is 11.2 Å². The molecule has 2 nitrogen and oxygen atoms in total. The summed E-state index contributed by atoms with van der Waals surface area (Å²) < 4.78 is 0. The lowest BCUT2D eigenvalue weighted by Crippen LogP contribution is -2.53. The summed E-state index contributed by atoms with van der Waals surface area (Å²) in [5.74, 6) is 0.694. The molecule has 0 bridgehead atoms. The summed E-state index contributed by atoms with van der Waals surface area (Å²) in [6, 6.07) is 0. The van der Waals surface area contributed by atoms with Crippen molar-refractivity contribution >= 4 is 0 Å². The van der Waals surface area contributed by atoms with Crippen LogP contribution < -0.4 is 0 Å². The topological polar surface area (TPSA) is 40.5 Å². The lowest BCUT2D eigenvalue weighted by Gasteiger charge is -2.55. The van der Waals surface area contributed by atoms with Crippen LogP contribution in [0.5, 0.6) is 0 Å². The van der Waals surface area contributed by atoms with E-state index in [2.05, 4.69) is 6.92 Å². The molecule has 0 aromatic carbocycles. The molecular weight excluding hydrogens is 212 g/mol.